The number of phenols is 1. The number of carbonyl (C=O) groups is 1. The average Bonchev–Trinajstić information content (AvgIpc) is 2.16. The molecule has 4 heteroatoms. The minimum atomic E-state index is -0.429. The molecule has 1 atom stereocenters. The number of aromatic hydroxyl groups is 1. The third-order valence-corrected chi connectivity index (χ3v) is 1.78. The van der Waals surface area contributed by atoms with Gasteiger partial charge in [-0.15, -0.1) is 0 Å². The van der Waals surface area contributed by atoms with Crippen molar-refractivity contribution in [3.8, 4) is 5.75 Å². The summed E-state index contributed by atoms with van der Waals surface area (Å²) in [6, 6.07) is 6.13. The fraction of sp³-hybridized carbons (Fsp3) is 0.300. The van der Waals surface area contributed by atoms with Gasteiger partial charge in [-0.05, 0) is 19.1 Å². The molecule has 0 aliphatic rings. The molecule has 0 saturated heterocycles. The molecule has 1 aromatic carbocycles. The number of rotatable bonds is 3. The Hall–Kier alpha value is -1.71. The van der Waals surface area contributed by atoms with E-state index in [0.29, 0.717) is 5.69 Å². The molecule has 4 nitrogen and oxygen atoms in total. The molecular weight excluding hydrogens is 182 g/mol. The molecule has 0 saturated carbocycles. The maximum Gasteiger partial charge on any atom is 0.327 e. The number of anilines is 1. The summed E-state index contributed by atoms with van der Waals surface area (Å²) in [5, 5.41) is 12.1. The SMILES string of the molecule is COC(=O)[C@H](C)Nc1cccc(O)c1. The van der Waals surface area contributed by atoms with Crippen LogP contribution in [0.3, 0.4) is 0 Å². The van der Waals surface area contributed by atoms with Crippen LogP contribution < -0.4 is 5.32 Å². The molecule has 14 heavy (non-hydrogen) atoms. The Kier molecular flexibility index (Phi) is 3.34. The number of phenolic OH excluding ortho intramolecular Hbond substituents is 1. The van der Waals surface area contributed by atoms with E-state index >= 15 is 0 Å². The summed E-state index contributed by atoms with van der Waals surface area (Å²) in [7, 11) is 1.34. The van der Waals surface area contributed by atoms with E-state index in [1.807, 2.05) is 0 Å². The van der Waals surface area contributed by atoms with E-state index < -0.39 is 6.04 Å². The van der Waals surface area contributed by atoms with Crippen LogP contribution in [0.1, 0.15) is 6.92 Å². The molecule has 0 heterocycles. The molecule has 2 N–H and O–H groups in total. The second-order valence-electron chi connectivity index (χ2n) is 2.94. The molecule has 0 aliphatic carbocycles. The minimum Gasteiger partial charge on any atom is -0.508 e. The number of hydrogen-bond acceptors (Lipinski definition) is 4. The van der Waals surface area contributed by atoms with Gasteiger partial charge in [0.25, 0.3) is 0 Å². The average molecular weight is 195 g/mol. The van der Waals surface area contributed by atoms with Gasteiger partial charge in [-0.1, -0.05) is 6.07 Å². The van der Waals surface area contributed by atoms with Crippen molar-refractivity contribution in [2.45, 2.75) is 13.0 Å². The highest BCUT2D eigenvalue weighted by Crippen LogP contribution is 2.16. The standard InChI is InChI=1S/C10H13NO3/c1-7(10(13)14-2)11-8-4-3-5-9(12)6-8/h3-7,11-12H,1-2H3/t7-/m0/s1. The van der Waals surface area contributed by atoms with Crippen LogP contribution in [0.4, 0.5) is 5.69 Å². The van der Waals surface area contributed by atoms with Gasteiger partial charge in [-0.3, -0.25) is 0 Å². The Morgan fingerprint density at radius 1 is 1.57 bits per heavy atom. The highest BCUT2D eigenvalue weighted by atomic mass is 16.5. The van der Waals surface area contributed by atoms with Gasteiger partial charge in [0.05, 0.1) is 7.11 Å². The summed E-state index contributed by atoms with van der Waals surface area (Å²) >= 11 is 0. The maximum absolute atomic E-state index is 11.1. The lowest BCUT2D eigenvalue weighted by Gasteiger charge is -2.12. The van der Waals surface area contributed by atoms with Crippen LogP contribution in [0.2, 0.25) is 0 Å². The number of nitrogens with one attached hydrogen (secondary N) is 1. The van der Waals surface area contributed by atoms with E-state index in [-0.39, 0.29) is 11.7 Å². The Bertz CT molecular complexity index is 325. The van der Waals surface area contributed by atoms with Gasteiger partial charge >= 0.3 is 5.97 Å². The first-order valence-corrected chi connectivity index (χ1v) is 4.27. The molecule has 76 valence electrons. The van der Waals surface area contributed by atoms with Crippen LogP contribution in [0.5, 0.6) is 5.75 Å². The van der Waals surface area contributed by atoms with Crippen molar-refractivity contribution >= 4 is 11.7 Å². The molecule has 1 aromatic rings. The molecule has 0 unspecified atom stereocenters. The predicted molar refractivity (Wildman–Crippen MR) is 53.2 cm³/mol. The van der Waals surface area contributed by atoms with Crippen molar-refractivity contribution < 1.29 is 14.6 Å². The zero-order chi connectivity index (χ0) is 10.6. The van der Waals surface area contributed by atoms with Crippen molar-refractivity contribution in [2.75, 3.05) is 12.4 Å². The molecule has 0 bridgehead atoms. The van der Waals surface area contributed by atoms with Gasteiger partial charge in [0, 0.05) is 11.8 Å². The highest BCUT2D eigenvalue weighted by molar-refractivity contribution is 5.78. The summed E-state index contributed by atoms with van der Waals surface area (Å²) < 4.78 is 4.55. The third kappa shape index (κ3) is 2.65. The smallest absolute Gasteiger partial charge is 0.327 e. The fourth-order valence-corrected chi connectivity index (χ4v) is 1.08. The van der Waals surface area contributed by atoms with Crippen molar-refractivity contribution in [1.29, 1.82) is 0 Å². The molecule has 0 aromatic heterocycles. The molecule has 0 radical (unpaired) electrons. The van der Waals surface area contributed by atoms with Crippen LogP contribution >= 0.6 is 0 Å². The largest absolute Gasteiger partial charge is 0.508 e. The lowest BCUT2D eigenvalue weighted by atomic mass is 10.2. The Balaban J connectivity index is 2.64. The summed E-state index contributed by atoms with van der Waals surface area (Å²) in [5.41, 5.74) is 0.683. The van der Waals surface area contributed by atoms with E-state index in [0.717, 1.165) is 0 Å². The fourth-order valence-electron chi connectivity index (χ4n) is 1.08. The first-order valence-electron chi connectivity index (χ1n) is 4.27. The summed E-state index contributed by atoms with van der Waals surface area (Å²) in [6.45, 7) is 1.69. The summed E-state index contributed by atoms with van der Waals surface area (Å²) in [4.78, 5) is 11.1. The number of carbonyl (C=O) groups excluding carboxylic acids is 1. The minimum absolute atomic E-state index is 0.159. The van der Waals surface area contributed by atoms with Gasteiger partial charge in [-0.2, -0.15) is 0 Å². The first kappa shape index (κ1) is 10.4. The van der Waals surface area contributed by atoms with Crippen molar-refractivity contribution in [3.63, 3.8) is 0 Å². The quantitative estimate of drug-likeness (QED) is 0.715. The van der Waals surface area contributed by atoms with Gasteiger partial charge in [-0.25, -0.2) is 4.79 Å². The predicted octanol–water partition coefficient (Wildman–Crippen LogP) is 1.37. The van der Waals surface area contributed by atoms with Crippen LogP contribution in [0.15, 0.2) is 24.3 Å². The first-order chi connectivity index (χ1) is 6.63. The topological polar surface area (TPSA) is 58.6 Å². The number of esters is 1. The Morgan fingerprint density at radius 3 is 2.86 bits per heavy atom. The van der Waals surface area contributed by atoms with Crippen LogP contribution in [-0.4, -0.2) is 24.2 Å². The van der Waals surface area contributed by atoms with Crippen LogP contribution in [0.25, 0.3) is 0 Å². The van der Waals surface area contributed by atoms with E-state index in [1.54, 1.807) is 31.2 Å². The van der Waals surface area contributed by atoms with Gasteiger partial charge < -0.3 is 15.2 Å². The number of hydrogen-bond donors (Lipinski definition) is 2. The molecule has 0 spiro atoms. The Morgan fingerprint density at radius 2 is 2.29 bits per heavy atom. The van der Waals surface area contributed by atoms with Crippen molar-refractivity contribution in [1.82, 2.24) is 0 Å². The van der Waals surface area contributed by atoms with Gasteiger partial charge in [0.2, 0.25) is 0 Å². The van der Waals surface area contributed by atoms with Gasteiger partial charge in [0.1, 0.15) is 11.8 Å². The van der Waals surface area contributed by atoms with Crippen LogP contribution in [-0.2, 0) is 9.53 Å². The molecule has 0 fully saturated rings. The van der Waals surface area contributed by atoms with Crippen molar-refractivity contribution in [3.05, 3.63) is 24.3 Å². The number of methoxy groups -OCH3 is 1. The molecule has 0 aliphatic heterocycles. The zero-order valence-corrected chi connectivity index (χ0v) is 8.15. The Labute approximate surface area is 82.5 Å². The number of benzene rings is 1. The van der Waals surface area contributed by atoms with Crippen molar-refractivity contribution in [2.24, 2.45) is 0 Å². The summed E-state index contributed by atoms with van der Waals surface area (Å²) in [6.07, 6.45) is 0. The lowest BCUT2D eigenvalue weighted by Crippen LogP contribution is -2.26. The maximum atomic E-state index is 11.1. The highest BCUT2D eigenvalue weighted by Gasteiger charge is 2.11. The third-order valence-electron chi connectivity index (χ3n) is 1.78. The normalized spacial score (nSPS) is 11.9. The molecule has 0 amide bonds. The molecular formula is C10H13NO3. The van der Waals surface area contributed by atoms with E-state index in [9.17, 15) is 4.79 Å². The summed E-state index contributed by atoms with van der Waals surface area (Å²) in [5.74, 6) is -0.180. The van der Waals surface area contributed by atoms with E-state index in [2.05, 4.69) is 10.1 Å². The monoisotopic (exact) mass is 195 g/mol. The number of ether oxygens (including phenoxy) is 1. The van der Waals surface area contributed by atoms with Crippen LogP contribution in [0, 0.1) is 0 Å². The molecule has 1 rings (SSSR count). The second-order valence-corrected chi connectivity index (χ2v) is 2.94. The lowest BCUT2D eigenvalue weighted by molar-refractivity contribution is -0.141. The van der Waals surface area contributed by atoms with E-state index in [1.165, 1.54) is 7.11 Å². The second kappa shape index (κ2) is 4.50. The van der Waals surface area contributed by atoms with E-state index in [4.69, 9.17) is 5.11 Å². The zero-order valence-electron chi connectivity index (χ0n) is 8.15. The van der Waals surface area contributed by atoms with Gasteiger partial charge in [0.15, 0.2) is 0 Å².